The number of imidazole rings is 2. The number of nitrogen functional groups attached to an aromatic ring is 3. The first-order chi connectivity index (χ1) is 54.5. The molecule has 19 atom stereocenters. The molecule has 0 saturated carbocycles. The molecule has 7 unspecified atom stereocenters. The summed E-state index contributed by atoms with van der Waals surface area (Å²) in [5.74, 6) is 0.248. The van der Waals surface area contributed by atoms with E-state index in [-0.39, 0.29) is 56.5 Å². The standard InChI is InChI=1S/C19H32N5O7P.C19H32N5O6P.C18H32N3O7P.C18H31N2O6PS/c1-18(2,3)8-10-12(30-32(26,27)31-19(4,5)6)13(28-7)16(29-10)24-9-21-11-14(24)22-17(20)23-15(11)25;1-18(2,3)8-11-13(29-31(25,26)30-19(4,5)6)14(27-7)17(28-11)24-10-23-12-15(20)21-9-22-16(12)24;1-17(2,3)10-11-13(27-29(23,24)28-18(4,5)6)14(25-7)15(26-11)21-9-8-12(19)20-16(21)22;1-11-10-20(16(22)19-15(11)21)14-8-12(13(24-14)9-17(2,3)4)25-27(23,28)26-18(5,6)7/h9-10,12-13,16H,8H2,1-7H3,(H,26,27)(H3,20,22,23,25);9-11,13-14,17H,8H2,1-7H3,(H,25,26)(H2,20,21,22);8-9,11,13-15H,10H2,1-7H3,(H,23,24)(H2,19,20,22);10,12-14H,8-9H2,1-7H3,(H,23,28)(H,19,21,22)/t10-,12+,13?,16-;11-,13+,14?,17-;11-,13+,14?,15-;12-,13-,14-,27?/m1111/s1. The molecule has 0 aromatic carbocycles. The monoisotopic (exact) mass is 1800 g/mol. The quantitative estimate of drug-likeness (QED) is 0.0269. The molecule has 120 heavy (non-hydrogen) atoms. The van der Waals surface area contributed by atoms with Gasteiger partial charge in [0.05, 0.1) is 65.6 Å². The minimum Gasteiger partial charge on any atom is -0.383 e. The Morgan fingerprint density at radius 3 is 1.27 bits per heavy atom. The van der Waals surface area contributed by atoms with Gasteiger partial charge in [0.2, 0.25) is 5.95 Å². The second-order valence-corrected chi connectivity index (χ2v) is 45.3. The fourth-order valence-corrected chi connectivity index (χ4v) is 19.9. The van der Waals surface area contributed by atoms with Crippen molar-refractivity contribution >= 4 is 81.9 Å². The van der Waals surface area contributed by atoms with Crippen molar-refractivity contribution in [2.24, 2.45) is 21.7 Å². The third-order valence-electron chi connectivity index (χ3n) is 17.7. The lowest BCUT2D eigenvalue weighted by Gasteiger charge is -2.31. The molecule has 0 amide bonds. The summed E-state index contributed by atoms with van der Waals surface area (Å²) in [5, 5.41) is 0. The second-order valence-electron chi connectivity index (χ2n) is 38.6. The number of hydrogen-bond acceptors (Lipinski definition) is 32. The summed E-state index contributed by atoms with van der Waals surface area (Å²) in [4.78, 5) is 119. The van der Waals surface area contributed by atoms with Crippen molar-refractivity contribution in [1.29, 1.82) is 0 Å². The molecule has 12 N–H and O–H groups in total. The van der Waals surface area contributed by atoms with Crippen LogP contribution in [-0.2, 0) is 94.9 Å². The minimum atomic E-state index is -4.46. The number of H-pyrrole nitrogens is 2. The van der Waals surface area contributed by atoms with E-state index in [9.17, 15) is 52.4 Å². The molecule has 0 aliphatic carbocycles. The van der Waals surface area contributed by atoms with Crippen molar-refractivity contribution in [2.75, 3.05) is 38.5 Å². The first-order valence-corrected chi connectivity index (χ1v) is 46.0. The van der Waals surface area contributed by atoms with Crippen molar-refractivity contribution in [2.45, 2.75) is 320 Å². The highest BCUT2D eigenvalue weighted by atomic mass is 32.5. The van der Waals surface area contributed by atoms with Crippen LogP contribution in [0.4, 0.5) is 17.6 Å². The number of nitrogens with two attached hydrogens (primary N) is 3. The van der Waals surface area contributed by atoms with Gasteiger partial charge in [-0.05, 0) is 155 Å². The van der Waals surface area contributed by atoms with Crippen LogP contribution in [0, 0.1) is 28.6 Å². The molecular weight excluding hydrogens is 1670 g/mol. The lowest BCUT2D eigenvalue weighted by molar-refractivity contribution is -0.0593. The molecule has 0 spiro atoms. The Morgan fingerprint density at radius 2 is 0.875 bits per heavy atom. The molecule has 10 rings (SSSR count). The number of nitrogens with zero attached hydrogens (tertiary/aromatic N) is 10. The van der Waals surface area contributed by atoms with Gasteiger partial charge in [0, 0.05) is 45.7 Å². The zero-order chi connectivity index (χ0) is 90.9. The fourth-order valence-electron chi connectivity index (χ4n) is 13.7. The fraction of sp³-hybridized carbons (Fsp3) is 0.757. The maximum atomic E-state index is 12.8. The van der Waals surface area contributed by atoms with Crippen LogP contribution in [0.15, 0.2) is 56.6 Å². The normalized spacial score (nSPS) is 26.7. The van der Waals surface area contributed by atoms with E-state index >= 15 is 0 Å². The molecule has 4 fully saturated rings. The highest BCUT2D eigenvalue weighted by Gasteiger charge is 2.56. The number of ether oxygens (including phenoxy) is 7. The van der Waals surface area contributed by atoms with Gasteiger partial charge in [-0.25, -0.2) is 43.2 Å². The van der Waals surface area contributed by atoms with Gasteiger partial charge in [-0.2, -0.15) is 9.97 Å². The lowest BCUT2D eigenvalue weighted by atomic mass is 9.87. The molecule has 41 nitrogen and oxygen atoms in total. The number of rotatable bonds is 23. The van der Waals surface area contributed by atoms with Crippen molar-refractivity contribution in [1.82, 2.24) is 58.1 Å². The SMILES string of the molecule is COC1[C@@H](OP(=O)(O)OC(C)(C)C)[C@@H](CC(C)(C)C)O[C@H]1n1ccc(N)nc1=O.COC1[C@@H](OP(=O)(O)OC(C)(C)C)[C@@H](CC(C)(C)C)O[C@H]1n1cnc2c(=O)[nH]c(N)nc21.COC1[C@@H](OP(=O)(O)OC(C)(C)C)[C@@H](CC(C)(C)C)O[C@H]1n1cnc2c(N)ncnc21.Cc1cn([C@H]2C[C@@H](OP(O)(=S)OC(C)(C)C)[C@@H](CC(C)(C)C)O2)c(=O)[nH]c1=O. The van der Waals surface area contributed by atoms with Crippen LogP contribution in [0.5, 0.6) is 0 Å². The van der Waals surface area contributed by atoms with E-state index in [2.05, 4.69) is 60.6 Å². The molecule has 0 radical (unpaired) electrons. The van der Waals surface area contributed by atoms with E-state index in [1.54, 1.807) is 94.6 Å². The van der Waals surface area contributed by atoms with Gasteiger partial charge < -0.3 is 79.0 Å². The van der Waals surface area contributed by atoms with Gasteiger partial charge >= 0.3 is 41.6 Å². The van der Waals surface area contributed by atoms with Crippen molar-refractivity contribution in [3.05, 3.63) is 84.7 Å². The molecule has 6 aromatic heterocycles. The second kappa shape index (κ2) is 38.3. The molecule has 4 saturated heterocycles. The first kappa shape index (κ1) is 102. The number of fused-ring (bicyclic) bond motifs is 2. The maximum Gasteiger partial charge on any atom is 0.473 e. The molecule has 680 valence electrons. The van der Waals surface area contributed by atoms with E-state index in [1.807, 2.05) is 62.3 Å². The number of phosphoric acid groups is 3. The number of anilines is 3. The van der Waals surface area contributed by atoms with Crippen LogP contribution in [0.2, 0.25) is 0 Å². The summed E-state index contributed by atoms with van der Waals surface area (Å²) in [7, 11) is -8.95. The number of aryl methyl sites for hydroxylation is 1. The van der Waals surface area contributed by atoms with E-state index in [0.29, 0.717) is 48.8 Å². The first-order valence-electron chi connectivity index (χ1n) is 38.9. The van der Waals surface area contributed by atoms with Gasteiger partial charge in [0.15, 0.2) is 41.3 Å². The smallest absolute Gasteiger partial charge is 0.383 e. The van der Waals surface area contributed by atoms with E-state index in [1.165, 1.54) is 72.5 Å². The average molecular weight is 1800 g/mol. The zero-order valence-corrected chi connectivity index (χ0v) is 78.2. The topological polar surface area (TPSA) is 546 Å². The molecule has 6 aromatic rings. The third kappa shape index (κ3) is 29.5. The average Bonchev–Trinajstić information content (AvgIpc) is 1.61. The van der Waals surface area contributed by atoms with E-state index in [4.69, 9.17) is 98.4 Å². The Hall–Kier alpha value is -5.56. The van der Waals surface area contributed by atoms with Crippen molar-refractivity contribution in [3.63, 3.8) is 0 Å². The van der Waals surface area contributed by atoms with Gasteiger partial charge in [0.25, 0.3) is 11.1 Å². The summed E-state index contributed by atoms with van der Waals surface area (Å²) in [6, 6.07) is 1.46. The van der Waals surface area contributed by atoms with E-state index < -0.39 is 161 Å². The van der Waals surface area contributed by atoms with E-state index in [0.717, 1.165) is 0 Å². The molecule has 4 aliphatic rings. The molecule has 0 bridgehead atoms. The molecule has 10 heterocycles. The number of nitrogens with one attached hydrogen (secondary N) is 2. The van der Waals surface area contributed by atoms with Crippen LogP contribution in [0.3, 0.4) is 0 Å². The number of aromatic amines is 2. The zero-order valence-electron chi connectivity index (χ0n) is 73.8. The van der Waals surface area contributed by atoms with Gasteiger partial charge in [-0.3, -0.25) is 65.0 Å². The van der Waals surface area contributed by atoms with Crippen molar-refractivity contribution in [3.8, 4) is 0 Å². The molecule has 4 aliphatic heterocycles. The highest BCUT2D eigenvalue weighted by molar-refractivity contribution is 8.07. The van der Waals surface area contributed by atoms with Crippen LogP contribution < -0.4 is 39.7 Å². The lowest BCUT2D eigenvalue weighted by Crippen LogP contribution is -2.39. The Balaban J connectivity index is 0.000000221. The summed E-state index contributed by atoms with van der Waals surface area (Å²) in [6.07, 6.45) is -1.34. The molecule has 46 heteroatoms. The molecular formula is C74H127N15O26P4S. The van der Waals surface area contributed by atoms with Crippen molar-refractivity contribution < 1.29 is 103 Å². The maximum absolute atomic E-state index is 12.8. The van der Waals surface area contributed by atoms with Crippen LogP contribution in [0.25, 0.3) is 22.3 Å². The number of hydrogen-bond donors (Lipinski definition) is 9. The number of methoxy groups -OCH3 is 3. The Morgan fingerprint density at radius 1 is 0.483 bits per heavy atom. The van der Waals surface area contributed by atoms with Crippen LogP contribution in [0.1, 0.15) is 229 Å². The number of aromatic nitrogens is 12. The predicted molar refractivity (Wildman–Crippen MR) is 449 cm³/mol. The van der Waals surface area contributed by atoms with Gasteiger partial charge in [0.1, 0.15) is 60.5 Å². The Kier molecular flexibility index (Phi) is 32.4. The Bertz CT molecular complexity index is 4930. The Labute approximate surface area is 703 Å². The summed E-state index contributed by atoms with van der Waals surface area (Å²) < 4.78 is 130. The summed E-state index contributed by atoms with van der Waals surface area (Å²) in [5.41, 5.74) is 12.7. The van der Waals surface area contributed by atoms with Crippen LogP contribution >= 0.6 is 30.2 Å². The predicted octanol–water partition coefficient (Wildman–Crippen LogP) is 10.9. The van der Waals surface area contributed by atoms with Gasteiger partial charge in [-0.15, -0.1) is 0 Å². The number of phosphoric ester groups is 3. The third-order valence-corrected chi connectivity index (χ3v) is 23.3. The minimum absolute atomic E-state index is 0.0735. The summed E-state index contributed by atoms with van der Waals surface area (Å²) >= 11 is 5.19. The summed E-state index contributed by atoms with van der Waals surface area (Å²) in [6.45, 7) is 42.8. The highest BCUT2D eigenvalue weighted by Crippen LogP contribution is 2.57. The largest absolute Gasteiger partial charge is 0.473 e. The van der Waals surface area contributed by atoms with Crippen LogP contribution in [-0.4, -0.2) is 189 Å². The van der Waals surface area contributed by atoms with Gasteiger partial charge in [-0.1, -0.05) is 83.1 Å².